The molecule has 2 aromatic heterocycles. The molecule has 6 nitrogen and oxygen atoms in total. The predicted octanol–water partition coefficient (Wildman–Crippen LogP) is 4.63. The minimum absolute atomic E-state index is 0.0409. The molecule has 0 aliphatic carbocycles. The van der Waals surface area contributed by atoms with Crippen LogP contribution in [0.2, 0.25) is 0 Å². The van der Waals surface area contributed by atoms with Crippen molar-refractivity contribution >= 4 is 34.3 Å². The maximum atomic E-state index is 12.6. The number of carbonyl (C=O) groups is 1. The zero-order valence-corrected chi connectivity index (χ0v) is 18.2. The van der Waals surface area contributed by atoms with Gasteiger partial charge in [-0.05, 0) is 38.8 Å². The molecule has 1 N–H and O–H groups in total. The largest absolute Gasteiger partial charge is 0.338 e. The molecule has 1 aliphatic rings. The third-order valence-electron chi connectivity index (χ3n) is 5.26. The Hall–Kier alpha value is -3.06. The second-order valence-electron chi connectivity index (χ2n) is 7.52. The number of thiazole rings is 1. The smallest absolute Gasteiger partial charge is 0.246 e. The maximum absolute atomic E-state index is 12.6. The first-order valence-electron chi connectivity index (χ1n) is 10.1. The van der Waals surface area contributed by atoms with Crippen molar-refractivity contribution in [1.29, 1.82) is 0 Å². The molecular formula is C23H25N5OS. The zero-order valence-electron chi connectivity index (χ0n) is 17.4. The Labute approximate surface area is 180 Å². The van der Waals surface area contributed by atoms with Gasteiger partial charge in [-0.25, -0.2) is 15.0 Å². The molecule has 0 saturated carbocycles. The number of hydrogen-bond acceptors (Lipinski definition) is 6. The number of benzene rings is 1. The van der Waals surface area contributed by atoms with Gasteiger partial charge in [0.15, 0.2) is 5.13 Å². The van der Waals surface area contributed by atoms with Crippen molar-refractivity contribution < 1.29 is 4.79 Å². The second kappa shape index (κ2) is 8.75. The standard InChI is InChI=1S/C23H25N5OS/c1-15-16(2)30-23(24-15)27-21-13-20(25-17(3)26-21)19-11-12-28(14-19)22(29)10-9-18-7-5-4-6-8-18/h4-10,13,19H,11-12,14H2,1-3H3,(H,24,25,26,27)/b10-9+. The summed E-state index contributed by atoms with van der Waals surface area (Å²) < 4.78 is 0. The van der Waals surface area contributed by atoms with Crippen molar-refractivity contribution in [2.75, 3.05) is 18.4 Å². The summed E-state index contributed by atoms with van der Waals surface area (Å²) in [4.78, 5) is 29.4. The molecule has 0 bridgehead atoms. The van der Waals surface area contributed by atoms with Gasteiger partial charge in [0, 0.05) is 36.0 Å². The lowest BCUT2D eigenvalue weighted by Crippen LogP contribution is -2.26. The lowest BCUT2D eigenvalue weighted by molar-refractivity contribution is -0.124. The molecule has 1 fully saturated rings. The number of carbonyl (C=O) groups excluding carboxylic acids is 1. The summed E-state index contributed by atoms with van der Waals surface area (Å²) in [5.74, 6) is 1.72. The highest BCUT2D eigenvalue weighted by Crippen LogP contribution is 2.29. The van der Waals surface area contributed by atoms with Crippen LogP contribution < -0.4 is 5.32 Å². The van der Waals surface area contributed by atoms with E-state index in [0.29, 0.717) is 12.4 Å². The highest BCUT2D eigenvalue weighted by atomic mass is 32.1. The summed E-state index contributed by atoms with van der Waals surface area (Å²) in [5.41, 5.74) is 3.02. The van der Waals surface area contributed by atoms with Crippen LogP contribution in [0, 0.1) is 20.8 Å². The molecule has 1 aliphatic heterocycles. The summed E-state index contributed by atoms with van der Waals surface area (Å²) in [6, 6.07) is 11.9. The first kappa shape index (κ1) is 20.2. The van der Waals surface area contributed by atoms with E-state index in [1.165, 1.54) is 4.88 Å². The fraction of sp³-hybridized carbons (Fsp3) is 0.304. The van der Waals surface area contributed by atoms with Gasteiger partial charge in [0.05, 0.1) is 11.4 Å². The van der Waals surface area contributed by atoms with Gasteiger partial charge in [-0.1, -0.05) is 30.3 Å². The van der Waals surface area contributed by atoms with E-state index in [2.05, 4.69) is 27.2 Å². The lowest BCUT2D eigenvalue weighted by atomic mass is 10.0. The molecular weight excluding hydrogens is 394 g/mol. The summed E-state index contributed by atoms with van der Waals surface area (Å²) >= 11 is 1.62. The first-order chi connectivity index (χ1) is 14.5. The van der Waals surface area contributed by atoms with Crippen LogP contribution >= 0.6 is 11.3 Å². The Kier molecular flexibility index (Phi) is 5.90. The monoisotopic (exact) mass is 419 g/mol. The Balaban J connectivity index is 1.44. The maximum Gasteiger partial charge on any atom is 0.246 e. The fourth-order valence-corrected chi connectivity index (χ4v) is 4.36. The van der Waals surface area contributed by atoms with E-state index in [4.69, 9.17) is 0 Å². The van der Waals surface area contributed by atoms with E-state index in [9.17, 15) is 4.79 Å². The van der Waals surface area contributed by atoms with Crippen LogP contribution in [-0.2, 0) is 4.79 Å². The van der Waals surface area contributed by atoms with E-state index < -0.39 is 0 Å². The predicted molar refractivity (Wildman–Crippen MR) is 121 cm³/mol. The number of amides is 1. The van der Waals surface area contributed by atoms with Crippen molar-refractivity contribution in [3.63, 3.8) is 0 Å². The van der Waals surface area contributed by atoms with Crippen LogP contribution in [0.15, 0.2) is 42.5 Å². The highest BCUT2D eigenvalue weighted by Gasteiger charge is 2.27. The Morgan fingerprint density at radius 1 is 1.17 bits per heavy atom. The minimum Gasteiger partial charge on any atom is -0.338 e. The van der Waals surface area contributed by atoms with Crippen LogP contribution in [0.3, 0.4) is 0 Å². The molecule has 3 aromatic rings. The average molecular weight is 420 g/mol. The summed E-state index contributed by atoms with van der Waals surface area (Å²) in [7, 11) is 0. The van der Waals surface area contributed by atoms with E-state index in [0.717, 1.165) is 40.9 Å². The van der Waals surface area contributed by atoms with Gasteiger partial charge in [0.2, 0.25) is 5.91 Å². The van der Waals surface area contributed by atoms with Gasteiger partial charge >= 0.3 is 0 Å². The van der Waals surface area contributed by atoms with Crippen molar-refractivity contribution in [2.45, 2.75) is 33.1 Å². The Morgan fingerprint density at radius 2 is 1.97 bits per heavy atom. The number of anilines is 2. The number of rotatable bonds is 5. The lowest BCUT2D eigenvalue weighted by Gasteiger charge is -2.15. The van der Waals surface area contributed by atoms with Gasteiger partial charge in [-0.2, -0.15) is 0 Å². The molecule has 154 valence electrons. The molecule has 30 heavy (non-hydrogen) atoms. The SMILES string of the molecule is Cc1nc(Nc2nc(C)c(C)s2)cc(C2CCN(C(=O)/C=C/c3ccccc3)C2)n1. The van der Waals surface area contributed by atoms with Gasteiger partial charge < -0.3 is 10.2 Å². The minimum atomic E-state index is 0.0409. The van der Waals surface area contributed by atoms with Gasteiger partial charge in [0.25, 0.3) is 0 Å². The third-order valence-corrected chi connectivity index (χ3v) is 6.25. The Bertz CT molecular complexity index is 1060. The van der Waals surface area contributed by atoms with E-state index in [-0.39, 0.29) is 11.8 Å². The first-order valence-corrected chi connectivity index (χ1v) is 10.9. The van der Waals surface area contributed by atoms with Crippen LogP contribution in [-0.4, -0.2) is 38.8 Å². The molecule has 0 spiro atoms. The molecule has 7 heteroatoms. The number of aryl methyl sites for hydroxylation is 3. The zero-order chi connectivity index (χ0) is 21.1. The number of nitrogens with one attached hydrogen (secondary N) is 1. The molecule has 3 heterocycles. The summed E-state index contributed by atoms with van der Waals surface area (Å²) in [5, 5.41) is 4.14. The van der Waals surface area contributed by atoms with Crippen LogP contribution in [0.5, 0.6) is 0 Å². The fourth-order valence-electron chi connectivity index (χ4n) is 3.54. The van der Waals surface area contributed by atoms with Crippen molar-refractivity contribution in [3.8, 4) is 0 Å². The third kappa shape index (κ3) is 4.74. The molecule has 1 saturated heterocycles. The van der Waals surface area contributed by atoms with Gasteiger partial charge in [-0.15, -0.1) is 11.3 Å². The molecule has 0 radical (unpaired) electrons. The van der Waals surface area contributed by atoms with Crippen LogP contribution in [0.25, 0.3) is 6.08 Å². The van der Waals surface area contributed by atoms with E-state index in [1.54, 1.807) is 17.4 Å². The van der Waals surface area contributed by atoms with Crippen LogP contribution in [0.1, 0.15) is 40.0 Å². The highest BCUT2D eigenvalue weighted by molar-refractivity contribution is 7.15. The number of nitrogens with zero attached hydrogens (tertiary/aromatic N) is 4. The molecule has 1 aromatic carbocycles. The van der Waals surface area contributed by atoms with E-state index in [1.807, 2.05) is 61.2 Å². The molecule has 4 rings (SSSR count). The van der Waals surface area contributed by atoms with Gasteiger partial charge in [0.1, 0.15) is 11.6 Å². The van der Waals surface area contributed by atoms with Gasteiger partial charge in [-0.3, -0.25) is 4.79 Å². The summed E-state index contributed by atoms with van der Waals surface area (Å²) in [6.07, 6.45) is 4.42. The average Bonchev–Trinajstić information content (AvgIpc) is 3.34. The van der Waals surface area contributed by atoms with Crippen molar-refractivity contribution in [2.24, 2.45) is 0 Å². The number of hydrogen-bond donors (Lipinski definition) is 1. The van der Waals surface area contributed by atoms with Crippen molar-refractivity contribution in [3.05, 3.63) is 70.1 Å². The molecule has 1 atom stereocenters. The van der Waals surface area contributed by atoms with E-state index >= 15 is 0 Å². The molecule has 1 unspecified atom stereocenters. The molecule has 1 amide bonds. The normalized spacial score (nSPS) is 16.4. The number of aromatic nitrogens is 3. The topological polar surface area (TPSA) is 71.0 Å². The number of likely N-dealkylation sites (tertiary alicyclic amines) is 1. The quantitative estimate of drug-likeness (QED) is 0.611. The van der Waals surface area contributed by atoms with Crippen LogP contribution in [0.4, 0.5) is 10.9 Å². The van der Waals surface area contributed by atoms with Crippen molar-refractivity contribution in [1.82, 2.24) is 19.9 Å². The Morgan fingerprint density at radius 3 is 2.70 bits per heavy atom. The summed E-state index contributed by atoms with van der Waals surface area (Å²) in [6.45, 7) is 7.37. The second-order valence-corrected chi connectivity index (χ2v) is 8.73.